The second-order valence-corrected chi connectivity index (χ2v) is 4.65. The Hall–Kier alpha value is -0.610. The fourth-order valence-electron chi connectivity index (χ4n) is 1.67. The minimum absolute atomic E-state index is 0.222. The molecular formula is C12H24N2O2. The Kier molecular flexibility index (Phi) is 5.77. The van der Waals surface area contributed by atoms with Crippen molar-refractivity contribution in [1.82, 2.24) is 10.2 Å². The molecule has 0 saturated heterocycles. The molecule has 1 fully saturated rings. The molecule has 0 unspecified atom stereocenters. The van der Waals surface area contributed by atoms with Gasteiger partial charge in [0.05, 0.1) is 6.61 Å². The van der Waals surface area contributed by atoms with E-state index in [0.29, 0.717) is 25.6 Å². The van der Waals surface area contributed by atoms with Gasteiger partial charge in [0.25, 0.3) is 0 Å². The van der Waals surface area contributed by atoms with Gasteiger partial charge in [0.1, 0.15) is 0 Å². The van der Waals surface area contributed by atoms with Gasteiger partial charge >= 0.3 is 0 Å². The van der Waals surface area contributed by atoms with E-state index in [0.717, 1.165) is 6.54 Å². The Morgan fingerprint density at radius 2 is 2.19 bits per heavy atom. The highest BCUT2D eigenvalue weighted by atomic mass is 16.5. The van der Waals surface area contributed by atoms with Crippen molar-refractivity contribution in [1.29, 1.82) is 0 Å². The molecule has 1 amide bonds. The molecule has 0 heterocycles. The zero-order chi connectivity index (χ0) is 12.0. The van der Waals surface area contributed by atoms with E-state index in [1.54, 1.807) is 7.11 Å². The van der Waals surface area contributed by atoms with Crippen molar-refractivity contribution in [3.63, 3.8) is 0 Å². The largest absolute Gasteiger partial charge is 0.383 e. The molecule has 16 heavy (non-hydrogen) atoms. The van der Waals surface area contributed by atoms with Crippen molar-refractivity contribution >= 4 is 5.91 Å². The fraction of sp³-hybridized carbons (Fsp3) is 0.917. The fourth-order valence-corrected chi connectivity index (χ4v) is 1.67. The van der Waals surface area contributed by atoms with Crippen LogP contribution in [0, 0.1) is 0 Å². The first kappa shape index (κ1) is 13.5. The summed E-state index contributed by atoms with van der Waals surface area (Å²) in [6.45, 7) is 6.19. The molecule has 0 bridgehead atoms. The van der Waals surface area contributed by atoms with Gasteiger partial charge in [0, 0.05) is 38.7 Å². The number of amides is 1. The van der Waals surface area contributed by atoms with E-state index >= 15 is 0 Å². The van der Waals surface area contributed by atoms with E-state index in [4.69, 9.17) is 4.74 Å². The highest BCUT2D eigenvalue weighted by Crippen LogP contribution is 2.18. The smallest absolute Gasteiger partial charge is 0.224 e. The molecule has 1 rings (SSSR count). The number of hydrogen-bond acceptors (Lipinski definition) is 3. The number of ether oxygens (including phenoxy) is 1. The highest BCUT2D eigenvalue weighted by Gasteiger charge is 2.21. The minimum atomic E-state index is 0.222. The SMILES string of the molecule is COCCN(C(=O)CCNC1CC1)C(C)C. The maximum atomic E-state index is 11.9. The van der Waals surface area contributed by atoms with Crippen molar-refractivity contribution in [2.45, 2.75) is 45.2 Å². The van der Waals surface area contributed by atoms with Crippen LogP contribution in [0.1, 0.15) is 33.1 Å². The predicted octanol–water partition coefficient (Wildman–Crippen LogP) is 1.01. The summed E-state index contributed by atoms with van der Waals surface area (Å²) in [4.78, 5) is 13.8. The average molecular weight is 228 g/mol. The maximum absolute atomic E-state index is 11.9. The number of rotatable bonds is 8. The molecule has 94 valence electrons. The van der Waals surface area contributed by atoms with E-state index in [-0.39, 0.29) is 11.9 Å². The summed E-state index contributed by atoms with van der Waals surface area (Å²) in [5.41, 5.74) is 0. The Morgan fingerprint density at radius 1 is 1.50 bits per heavy atom. The van der Waals surface area contributed by atoms with Gasteiger partial charge in [-0.05, 0) is 26.7 Å². The Bertz CT molecular complexity index is 215. The highest BCUT2D eigenvalue weighted by molar-refractivity contribution is 5.76. The quantitative estimate of drug-likeness (QED) is 0.674. The first-order valence-electron chi connectivity index (χ1n) is 6.17. The lowest BCUT2D eigenvalue weighted by Crippen LogP contribution is -2.40. The van der Waals surface area contributed by atoms with Crippen LogP contribution in [0.4, 0.5) is 0 Å². The van der Waals surface area contributed by atoms with E-state index in [1.807, 2.05) is 18.7 Å². The van der Waals surface area contributed by atoms with Crippen LogP contribution in [0.3, 0.4) is 0 Å². The number of carbonyl (C=O) groups is 1. The molecular weight excluding hydrogens is 204 g/mol. The van der Waals surface area contributed by atoms with E-state index in [1.165, 1.54) is 12.8 Å². The molecule has 0 atom stereocenters. The first-order chi connectivity index (χ1) is 7.65. The number of carbonyl (C=O) groups excluding carboxylic acids is 1. The maximum Gasteiger partial charge on any atom is 0.224 e. The molecule has 0 aromatic carbocycles. The van der Waals surface area contributed by atoms with Crippen LogP contribution in [0.15, 0.2) is 0 Å². The lowest BCUT2D eigenvalue weighted by molar-refractivity contribution is -0.133. The van der Waals surface area contributed by atoms with Crippen molar-refractivity contribution in [3.05, 3.63) is 0 Å². The zero-order valence-electron chi connectivity index (χ0n) is 10.7. The van der Waals surface area contributed by atoms with E-state index in [9.17, 15) is 4.79 Å². The van der Waals surface area contributed by atoms with Crippen LogP contribution in [0.2, 0.25) is 0 Å². The van der Waals surface area contributed by atoms with Gasteiger partial charge in [-0.2, -0.15) is 0 Å². The lowest BCUT2D eigenvalue weighted by Gasteiger charge is -2.26. The Labute approximate surface area is 98.3 Å². The van der Waals surface area contributed by atoms with Gasteiger partial charge in [-0.25, -0.2) is 0 Å². The summed E-state index contributed by atoms with van der Waals surface area (Å²) in [6, 6.07) is 0.933. The van der Waals surface area contributed by atoms with Crippen molar-refractivity contribution in [3.8, 4) is 0 Å². The van der Waals surface area contributed by atoms with Crippen molar-refractivity contribution in [2.24, 2.45) is 0 Å². The standard InChI is InChI=1S/C12H24N2O2/c1-10(2)14(8-9-16-3)12(15)6-7-13-11-4-5-11/h10-11,13H,4-9H2,1-3H3. The van der Waals surface area contributed by atoms with Gasteiger partial charge in [0.15, 0.2) is 0 Å². The molecule has 1 saturated carbocycles. The normalized spacial score (nSPS) is 15.5. The van der Waals surface area contributed by atoms with Crippen molar-refractivity contribution < 1.29 is 9.53 Å². The molecule has 4 heteroatoms. The summed E-state index contributed by atoms with van der Waals surface area (Å²) >= 11 is 0. The molecule has 0 aromatic rings. The Morgan fingerprint density at radius 3 is 2.69 bits per heavy atom. The molecule has 1 aliphatic carbocycles. The second kappa shape index (κ2) is 6.86. The summed E-state index contributed by atoms with van der Waals surface area (Å²) in [7, 11) is 1.66. The third-order valence-electron chi connectivity index (χ3n) is 2.83. The van der Waals surface area contributed by atoms with Gasteiger partial charge in [-0.15, -0.1) is 0 Å². The molecule has 1 N–H and O–H groups in total. The van der Waals surface area contributed by atoms with Gasteiger partial charge in [-0.1, -0.05) is 0 Å². The van der Waals surface area contributed by atoms with Crippen LogP contribution in [0.5, 0.6) is 0 Å². The van der Waals surface area contributed by atoms with Crippen LogP contribution in [0.25, 0.3) is 0 Å². The second-order valence-electron chi connectivity index (χ2n) is 4.65. The van der Waals surface area contributed by atoms with Crippen LogP contribution < -0.4 is 5.32 Å². The average Bonchev–Trinajstić information content (AvgIpc) is 3.02. The van der Waals surface area contributed by atoms with Gasteiger partial charge in [-0.3, -0.25) is 4.79 Å². The molecule has 0 radical (unpaired) electrons. The molecule has 1 aliphatic rings. The summed E-state index contributed by atoms with van der Waals surface area (Å²) in [6.07, 6.45) is 3.13. The zero-order valence-corrected chi connectivity index (χ0v) is 10.7. The van der Waals surface area contributed by atoms with Crippen LogP contribution >= 0.6 is 0 Å². The number of methoxy groups -OCH3 is 1. The predicted molar refractivity (Wildman–Crippen MR) is 64.4 cm³/mol. The number of nitrogens with zero attached hydrogens (tertiary/aromatic N) is 1. The summed E-state index contributed by atoms with van der Waals surface area (Å²) < 4.78 is 5.02. The number of hydrogen-bond donors (Lipinski definition) is 1. The van der Waals surface area contributed by atoms with Crippen LogP contribution in [-0.2, 0) is 9.53 Å². The lowest BCUT2D eigenvalue weighted by atomic mass is 10.2. The van der Waals surface area contributed by atoms with Crippen LogP contribution in [-0.4, -0.2) is 49.7 Å². The third-order valence-corrected chi connectivity index (χ3v) is 2.83. The van der Waals surface area contributed by atoms with Gasteiger partial charge in [0.2, 0.25) is 5.91 Å². The first-order valence-corrected chi connectivity index (χ1v) is 6.17. The topological polar surface area (TPSA) is 41.6 Å². The van der Waals surface area contributed by atoms with E-state index < -0.39 is 0 Å². The molecule has 4 nitrogen and oxygen atoms in total. The Balaban J connectivity index is 2.21. The molecule has 0 spiro atoms. The monoisotopic (exact) mass is 228 g/mol. The third kappa shape index (κ3) is 4.94. The summed E-state index contributed by atoms with van der Waals surface area (Å²) in [5.74, 6) is 0.222. The van der Waals surface area contributed by atoms with Crippen molar-refractivity contribution in [2.75, 3.05) is 26.8 Å². The summed E-state index contributed by atoms with van der Waals surface area (Å²) in [5, 5.41) is 3.36. The molecule has 0 aliphatic heterocycles. The molecule has 0 aromatic heterocycles. The minimum Gasteiger partial charge on any atom is -0.383 e. The number of nitrogens with one attached hydrogen (secondary N) is 1. The van der Waals surface area contributed by atoms with Gasteiger partial charge < -0.3 is 15.0 Å². The van der Waals surface area contributed by atoms with E-state index in [2.05, 4.69) is 5.32 Å².